The predicted molar refractivity (Wildman–Crippen MR) is 122 cm³/mol. The molecule has 2 bridgehead atoms. The van der Waals surface area contributed by atoms with Gasteiger partial charge < -0.3 is 9.64 Å². The molecule has 1 saturated carbocycles. The molecule has 0 aromatic heterocycles. The van der Waals surface area contributed by atoms with Crippen LogP contribution >= 0.6 is 0 Å². The molecule has 3 rings (SSSR count). The SMILES string of the molecule is CC1(C)CC2CC(C)(CN2C(=O)c2ccc(CNS(=O)(=O)NC(=O)OC(C)(C)C)cc2)C1. The second kappa shape index (κ2) is 8.33. The molecule has 1 aromatic rings. The minimum atomic E-state index is -4.07. The van der Waals surface area contributed by atoms with Gasteiger partial charge in [-0.25, -0.2) is 9.52 Å². The van der Waals surface area contributed by atoms with Crippen LogP contribution in [0, 0.1) is 10.8 Å². The summed E-state index contributed by atoms with van der Waals surface area (Å²) >= 11 is 0. The zero-order valence-corrected chi connectivity index (χ0v) is 20.6. The Morgan fingerprint density at radius 1 is 1.12 bits per heavy atom. The van der Waals surface area contributed by atoms with Crippen LogP contribution in [-0.2, 0) is 21.5 Å². The molecular weight excluding hydrogens is 430 g/mol. The number of fused-ring (bicyclic) bond motifs is 2. The first kappa shape index (κ1) is 24.5. The third-order valence-corrected chi connectivity index (χ3v) is 6.92. The molecule has 1 aromatic carbocycles. The van der Waals surface area contributed by atoms with Crippen molar-refractivity contribution in [1.29, 1.82) is 0 Å². The van der Waals surface area contributed by atoms with E-state index in [9.17, 15) is 18.0 Å². The van der Waals surface area contributed by atoms with E-state index in [4.69, 9.17) is 4.74 Å². The van der Waals surface area contributed by atoms with E-state index >= 15 is 0 Å². The average Bonchev–Trinajstić information content (AvgIpc) is 2.86. The van der Waals surface area contributed by atoms with Gasteiger partial charge in [0.15, 0.2) is 0 Å². The fraction of sp³-hybridized carbons (Fsp3) is 0.652. The maximum absolute atomic E-state index is 13.2. The van der Waals surface area contributed by atoms with Crippen LogP contribution in [0.2, 0.25) is 0 Å². The molecule has 2 fully saturated rings. The number of nitrogens with one attached hydrogen (secondary N) is 2. The van der Waals surface area contributed by atoms with Crippen molar-refractivity contribution in [3.8, 4) is 0 Å². The van der Waals surface area contributed by atoms with E-state index in [0.717, 1.165) is 25.8 Å². The van der Waals surface area contributed by atoms with E-state index in [1.54, 1.807) is 45.0 Å². The molecule has 1 saturated heterocycles. The van der Waals surface area contributed by atoms with Gasteiger partial charge in [-0.1, -0.05) is 32.9 Å². The number of ether oxygens (including phenoxy) is 1. The van der Waals surface area contributed by atoms with Gasteiger partial charge >= 0.3 is 16.3 Å². The third kappa shape index (κ3) is 6.22. The van der Waals surface area contributed by atoms with Crippen LogP contribution in [0.25, 0.3) is 0 Å². The lowest BCUT2D eigenvalue weighted by Crippen LogP contribution is -2.42. The zero-order valence-electron chi connectivity index (χ0n) is 19.8. The molecule has 1 aliphatic carbocycles. The van der Waals surface area contributed by atoms with Crippen molar-refractivity contribution >= 4 is 22.2 Å². The highest BCUT2D eigenvalue weighted by Gasteiger charge is 2.51. The lowest BCUT2D eigenvalue weighted by Gasteiger charge is -2.39. The van der Waals surface area contributed by atoms with Gasteiger partial charge in [0.2, 0.25) is 0 Å². The van der Waals surface area contributed by atoms with Gasteiger partial charge in [0.1, 0.15) is 5.60 Å². The number of carbonyl (C=O) groups is 2. The first-order valence-electron chi connectivity index (χ1n) is 11.0. The molecule has 2 unspecified atom stereocenters. The molecular formula is C23H35N3O5S. The van der Waals surface area contributed by atoms with E-state index in [2.05, 4.69) is 25.5 Å². The highest BCUT2D eigenvalue weighted by Crippen LogP contribution is 2.52. The first-order chi connectivity index (χ1) is 14.6. The molecule has 32 heavy (non-hydrogen) atoms. The van der Waals surface area contributed by atoms with Gasteiger partial charge in [0.05, 0.1) is 0 Å². The Balaban J connectivity index is 1.58. The van der Waals surface area contributed by atoms with E-state index in [1.165, 1.54) is 0 Å². The second-order valence-electron chi connectivity index (χ2n) is 11.3. The fourth-order valence-electron chi connectivity index (χ4n) is 5.25. The number of carbonyl (C=O) groups excluding carboxylic acids is 2. The second-order valence-corrected chi connectivity index (χ2v) is 12.8. The largest absolute Gasteiger partial charge is 0.443 e. The number of hydrogen-bond acceptors (Lipinski definition) is 5. The summed E-state index contributed by atoms with van der Waals surface area (Å²) in [6.07, 6.45) is 2.14. The van der Waals surface area contributed by atoms with Crippen LogP contribution in [0.3, 0.4) is 0 Å². The Morgan fingerprint density at radius 3 is 2.34 bits per heavy atom. The molecule has 2 atom stereocenters. The molecule has 178 valence electrons. The highest BCUT2D eigenvalue weighted by molar-refractivity contribution is 7.88. The highest BCUT2D eigenvalue weighted by atomic mass is 32.2. The Hall–Kier alpha value is -2.13. The van der Waals surface area contributed by atoms with Crippen LogP contribution in [0.4, 0.5) is 4.79 Å². The summed E-state index contributed by atoms with van der Waals surface area (Å²) < 4.78 is 33.2. The van der Waals surface area contributed by atoms with Crippen molar-refractivity contribution < 1.29 is 22.7 Å². The van der Waals surface area contributed by atoms with E-state index in [0.29, 0.717) is 11.1 Å². The number of likely N-dealkylation sites (tertiary alicyclic amines) is 1. The average molecular weight is 466 g/mol. The van der Waals surface area contributed by atoms with Crippen LogP contribution in [-0.4, -0.2) is 43.5 Å². The smallest absolute Gasteiger partial charge is 0.422 e. The zero-order chi connectivity index (χ0) is 23.9. The summed E-state index contributed by atoms with van der Waals surface area (Å²) in [6, 6.07) is 7.15. The molecule has 1 aliphatic heterocycles. The topological polar surface area (TPSA) is 105 Å². The quantitative estimate of drug-likeness (QED) is 0.691. The van der Waals surface area contributed by atoms with Crippen LogP contribution in [0.5, 0.6) is 0 Å². The number of hydrogen-bond donors (Lipinski definition) is 2. The molecule has 9 heteroatoms. The van der Waals surface area contributed by atoms with Gasteiger partial charge in [-0.2, -0.15) is 13.1 Å². The van der Waals surface area contributed by atoms with Gasteiger partial charge in [-0.3, -0.25) is 4.79 Å². The maximum Gasteiger partial charge on any atom is 0.422 e. The van der Waals surface area contributed by atoms with Crippen molar-refractivity contribution in [2.75, 3.05) is 6.54 Å². The summed E-state index contributed by atoms with van der Waals surface area (Å²) in [7, 11) is -4.07. The van der Waals surface area contributed by atoms with Crippen molar-refractivity contribution in [3.05, 3.63) is 35.4 Å². The van der Waals surface area contributed by atoms with Crippen molar-refractivity contribution in [3.63, 3.8) is 0 Å². The summed E-state index contributed by atoms with van der Waals surface area (Å²) in [5.41, 5.74) is 0.868. The van der Waals surface area contributed by atoms with Gasteiger partial charge in [0, 0.05) is 24.7 Å². The Kier molecular flexibility index (Phi) is 6.38. The van der Waals surface area contributed by atoms with Crippen molar-refractivity contribution in [1.82, 2.24) is 14.3 Å². The van der Waals surface area contributed by atoms with Crippen LogP contribution in [0.1, 0.15) is 76.7 Å². The van der Waals surface area contributed by atoms with E-state index in [1.807, 2.05) is 9.62 Å². The number of amides is 2. The Labute approximate surface area is 191 Å². The molecule has 2 aliphatic rings. The number of benzene rings is 1. The van der Waals surface area contributed by atoms with Gasteiger partial charge in [-0.05, 0) is 68.6 Å². The Morgan fingerprint density at radius 2 is 1.75 bits per heavy atom. The van der Waals surface area contributed by atoms with E-state index < -0.39 is 21.9 Å². The lowest BCUT2D eigenvalue weighted by molar-refractivity contribution is 0.0568. The summed E-state index contributed by atoms with van der Waals surface area (Å²) in [5.74, 6) is 0.0233. The molecule has 8 nitrogen and oxygen atoms in total. The normalized spacial score (nSPS) is 24.8. The molecule has 0 radical (unpaired) electrons. The first-order valence-corrected chi connectivity index (χ1v) is 12.5. The predicted octanol–water partition coefficient (Wildman–Crippen LogP) is 3.59. The summed E-state index contributed by atoms with van der Waals surface area (Å²) in [5, 5.41) is 0. The van der Waals surface area contributed by atoms with Crippen molar-refractivity contribution in [2.45, 2.75) is 79.0 Å². The molecule has 2 N–H and O–H groups in total. The number of rotatable bonds is 5. The molecule has 1 heterocycles. The van der Waals surface area contributed by atoms with Gasteiger partial charge in [-0.15, -0.1) is 0 Å². The molecule has 0 spiro atoms. The van der Waals surface area contributed by atoms with Crippen molar-refractivity contribution in [2.24, 2.45) is 10.8 Å². The molecule has 2 amide bonds. The monoisotopic (exact) mass is 465 g/mol. The van der Waals surface area contributed by atoms with Gasteiger partial charge in [0.25, 0.3) is 5.91 Å². The summed E-state index contributed by atoms with van der Waals surface area (Å²) in [6.45, 7) is 12.5. The van der Waals surface area contributed by atoms with Crippen LogP contribution in [0.15, 0.2) is 24.3 Å². The maximum atomic E-state index is 13.2. The minimum absolute atomic E-state index is 0.0226. The third-order valence-electron chi connectivity index (χ3n) is 5.96. The van der Waals surface area contributed by atoms with E-state index in [-0.39, 0.29) is 29.3 Å². The Bertz CT molecular complexity index is 982. The standard InChI is InChI=1S/C23H35N3O5S/c1-21(2,3)31-20(28)25-32(29,30)24-13-16-7-9-17(10-8-16)19(27)26-15-23(6)12-18(26)11-22(4,5)14-23/h7-10,18,24H,11-15H2,1-6H3,(H,25,28). The lowest BCUT2D eigenvalue weighted by atomic mass is 9.65. The minimum Gasteiger partial charge on any atom is -0.443 e. The fourth-order valence-corrected chi connectivity index (χ4v) is 5.94. The van der Waals surface area contributed by atoms with Crippen LogP contribution < -0.4 is 9.44 Å². The summed E-state index contributed by atoms with van der Waals surface area (Å²) in [4.78, 5) is 26.8. The number of nitrogens with zero attached hydrogens (tertiary/aromatic N) is 1.